The van der Waals surface area contributed by atoms with E-state index in [-0.39, 0.29) is 30.8 Å². The Kier molecular flexibility index (Phi) is 8.59. The van der Waals surface area contributed by atoms with Crippen molar-refractivity contribution in [2.75, 3.05) is 20.1 Å². The predicted molar refractivity (Wildman–Crippen MR) is 81.8 cm³/mol. The van der Waals surface area contributed by atoms with Crippen LogP contribution in [0.15, 0.2) is 24.3 Å². The van der Waals surface area contributed by atoms with Crippen molar-refractivity contribution in [3.63, 3.8) is 0 Å². The number of halogens is 1. The van der Waals surface area contributed by atoms with E-state index in [9.17, 15) is 9.59 Å². The lowest BCUT2D eigenvalue weighted by molar-refractivity contribution is -0.121. The Morgan fingerprint density at radius 2 is 1.85 bits per heavy atom. The number of hydrogen-bond donors (Lipinski definition) is 2. The second-order valence-corrected chi connectivity index (χ2v) is 4.30. The first kappa shape index (κ1) is 18.4. The lowest BCUT2D eigenvalue weighted by atomic mass is 10.1. The fourth-order valence-electron chi connectivity index (χ4n) is 1.74. The van der Waals surface area contributed by atoms with Gasteiger partial charge in [0.25, 0.3) is 5.91 Å². The van der Waals surface area contributed by atoms with Crippen LogP contribution in [0.1, 0.15) is 29.3 Å². The van der Waals surface area contributed by atoms with Gasteiger partial charge >= 0.3 is 0 Å². The van der Waals surface area contributed by atoms with Crippen LogP contribution in [0.4, 0.5) is 0 Å². The van der Waals surface area contributed by atoms with E-state index in [1.54, 1.807) is 24.1 Å². The summed E-state index contributed by atoms with van der Waals surface area (Å²) in [6, 6.07) is 7.16. The van der Waals surface area contributed by atoms with E-state index in [2.05, 4.69) is 5.32 Å². The van der Waals surface area contributed by atoms with Crippen LogP contribution < -0.4 is 11.1 Å². The van der Waals surface area contributed by atoms with Crippen molar-refractivity contribution in [2.24, 2.45) is 5.73 Å². The first-order valence-electron chi connectivity index (χ1n) is 6.41. The van der Waals surface area contributed by atoms with Crippen molar-refractivity contribution in [1.29, 1.82) is 0 Å². The fourth-order valence-corrected chi connectivity index (χ4v) is 1.74. The molecule has 1 aromatic rings. The number of carbonyl (C=O) groups excluding carboxylic acids is 2. The highest BCUT2D eigenvalue weighted by atomic mass is 35.5. The Balaban J connectivity index is 0.00000361. The van der Waals surface area contributed by atoms with Crippen molar-refractivity contribution in [2.45, 2.75) is 19.9 Å². The molecule has 0 atom stereocenters. The summed E-state index contributed by atoms with van der Waals surface area (Å²) < 4.78 is 0. The van der Waals surface area contributed by atoms with Crippen molar-refractivity contribution >= 4 is 24.2 Å². The minimum atomic E-state index is -0.166. The zero-order chi connectivity index (χ0) is 14.3. The van der Waals surface area contributed by atoms with Gasteiger partial charge in [0.2, 0.25) is 5.91 Å². The third-order valence-corrected chi connectivity index (χ3v) is 2.83. The third-order valence-electron chi connectivity index (χ3n) is 2.83. The van der Waals surface area contributed by atoms with E-state index in [0.717, 1.165) is 12.0 Å². The highest BCUT2D eigenvalue weighted by molar-refractivity contribution is 5.96. The van der Waals surface area contributed by atoms with Gasteiger partial charge in [-0.05, 0) is 24.1 Å². The molecule has 20 heavy (non-hydrogen) atoms. The molecular weight excluding hydrogens is 278 g/mol. The molecule has 5 nitrogen and oxygen atoms in total. The number of benzene rings is 1. The zero-order valence-electron chi connectivity index (χ0n) is 11.9. The average Bonchev–Trinajstić information content (AvgIpc) is 2.46. The van der Waals surface area contributed by atoms with Gasteiger partial charge in [-0.1, -0.05) is 19.1 Å². The number of carbonyl (C=O) groups is 2. The SMILES string of the molecule is CCCN(CC(=O)NC)C(=O)c1ccc(CN)cc1.Cl. The highest BCUT2D eigenvalue weighted by Gasteiger charge is 2.17. The van der Waals surface area contributed by atoms with Gasteiger partial charge < -0.3 is 16.0 Å². The first-order chi connectivity index (χ1) is 9.12. The summed E-state index contributed by atoms with van der Waals surface area (Å²) in [5.41, 5.74) is 7.07. The van der Waals surface area contributed by atoms with Crippen LogP contribution in [0.2, 0.25) is 0 Å². The predicted octanol–water partition coefficient (Wildman–Crippen LogP) is 1.17. The van der Waals surface area contributed by atoms with Crippen molar-refractivity contribution in [3.8, 4) is 0 Å². The van der Waals surface area contributed by atoms with Gasteiger partial charge in [-0.3, -0.25) is 9.59 Å². The molecule has 0 heterocycles. The molecule has 0 aliphatic rings. The van der Waals surface area contributed by atoms with Crippen LogP contribution in [0, 0.1) is 0 Å². The lowest BCUT2D eigenvalue weighted by Gasteiger charge is -2.21. The third kappa shape index (κ3) is 5.19. The van der Waals surface area contributed by atoms with E-state index >= 15 is 0 Å². The minimum Gasteiger partial charge on any atom is -0.358 e. The fraction of sp³-hybridized carbons (Fsp3) is 0.429. The summed E-state index contributed by atoms with van der Waals surface area (Å²) in [7, 11) is 1.56. The average molecular weight is 300 g/mol. The number of nitrogens with two attached hydrogens (primary N) is 1. The van der Waals surface area contributed by atoms with Crippen molar-refractivity contribution in [1.82, 2.24) is 10.2 Å². The normalized spacial score (nSPS) is 9.55. The topological polar surface area (TPSA) is 75.4 Å². The molecule has 6 heteroatoms. The standard InChI is InChI=1S/C14H21N3O2.ClH/c1-3-8-17(10-13(18)16-2)14(19)12-6-4-11(9-15)5-7-12;/h4-7H,3,8-10,15H2,1-2H3,(H,16,18);1H. The van der Waals surface area contributed by atoms with Gasteiger partial charge in [0.15, 0.2) is 0 Å². The molecule has 1 aromatic carbocycles. The molecule has 0 bridgehead atoms. The number of rotatable bonds is 6. The van der Waals surface area contributed by atoms with Gasteiger partial charge in [0, 0.05) is 25.7 Å². The van der Waals surface area contributed by atoms with Crippen LogP contribution in [0.3, 0.4) is 0 Å². The van der Waals surface area contributed by atoms with E-state index in [1.165, 1.54) is 0 Å². The summed E-state index contributed by atoms with van der Waals surface area (Å²) in [5, 5.41) is 2.53. The Labute approximate surface area is 125 Å². The maximum absolute atomic E-state index is 12.3. The summed E-state index contributed by atoms with van der Waals surface area (Å²) >= 11 is 0. The highest BCUT2D eigenvalue weighted by Crippen LogP contribution is 2.08. The molecule has 0 aliphatic carbocycles. The molecule has 0 radical (unpaired) electrons. The monoisotopic (exact) mass is 299 g/mol. The summed E-state index contributed by atoms with van der Waals surface area (Å²) in [6.45, 7) is 3.07. The summed E-state index contributed by atoms with van der Waals surface area (Å²) in [6.07, 6.45) is 0.809. The van der Waals surface area contributed by atoms with Crippen LogP contribution >= 0.6 is 12.4 Å². The molecule has 0 saturated carbocycles. The number of hydrogen-bond acceptors (Lipinski definition) is 3. The first-order valence-corrected chi connectivity index (χ1v) is 6.41. The quantitative estimate of drug-likeness (QED) is 0.828. The molecule has 112 valence electrons. The molecular formula is C14H22ClN3O2. The molecule has 1 rings (SSSR count). The van der Waals surface area contributed by atoms with Gasteiger partial charge in [-0.15, -0.1) is 12.4 Å². The molecule has 3 N–H and O–H groups in total. The number of nitrogens with one attached hydrogen (secondary N) is 1. The Hall–Kier alpha value is -1.59. The Morgan fingerprint density at radius 3 is 2.30 bits per heavy atom. The van der Waals surface area contributed by atoms with E-state index in [4.69, 9.17) is 5.73 Å². The summed E-state index contributed by atoms with van der Waals surface area (Å²) in [5.74, 6) is -0.297. The smallest absolute Gasteiger partial charge is 0.254 e. The molecule has 2 amide bonds. The largest absolute Gasteiger partial charge is 0.358 e. The number of amides is 2. The van der Waals surface area contributed by atoms with Crippen LogP contribution in [0.25, 0.3) is 0 Å². The van der Waals surface area contributed by atoms with Gasteiger partial charge in [0.1, 0.15) is 0 Å². The van der Waals surface area contributed by atoms with Crippen molar-refractivity contribution in [3.05, 3.63) is 35.4 Å². The summed E-state index contributed by atoms with van der Waals surface area (Å²) in [4.78, 5) is 25.3. The molecule has 0 aromatic heterocycles. The maximum Gasteiger partial charge on any atom is 0.254 e. The number of likely N-dealkylation sites (N-methyl/N-ethyl adjacent to an activating group) is 1. The van der Waals surface area contributed by atoms with Gasteiger partial charge in [-0.2, -0.15) is 0 Å². The van der Waals surface area contributed by atoms with Crippen LogP contribution in [0.5, 0.6) is 0 Å². The van der Waals surface area contributed by atoms with Crippen molar-refractivity contribution < 1.29 is 9.59 Å². The molecule has 0 spiro atoms. The van der Waals surface area contributed by atoms with E-state index < -0.39 is 0 Å². The molecule has 0 fully saturated rings. The lowest BCUT2D eigenvalue weighted by Crippen LogP contribution is -2.40. The Bertz CT molecular complexity index is 435. The number of nitrogens with zero attached hydrogens (tertiary/aromatic N) is 1. The Morgan fingerprint density at radius 1 is 1.25 bits per heavy atom. The van der Waals surface area contributed by atoms with Gasteiger partial charge in [0.05, 0.1) is 6.54 Å². The zero-order valence-corrected chi connectivity index (χ0v) is 12.7. The molecule has 0 aliphatic heterocycles. The molecule has 0 unspecified atom stereocenters. The minimum absolute atomic E-state index is 0. The second-order valence-electron chi connectivity index (χ2n) is 4.30. The van der Waals surface area contributed by atoms with Crippen LogP contribution in [-0.4, -0.2) is 36.9 Å². The van der Waals surface area contributed by atoms with E-state index in [1.807, 2.05) is 19.1 Å². The van der Waals surface area contributed by atoms with Gasteiger partial charge in [-0.25, -0.2) is 0 Å². The second kappa shape index (κ2) is 9.34. The van der Waals surface area contributed by atoms with E-state index in [0.29, 0.717) is 18.7 Å². The van der Waals surface area contributed by atoms with Crippen LogP contribution in [-0.2, 0) is 11.3 Å². The molecule has 0 saturated heterocycles. The maximum atomic E-state index is 12.3.